The number of ether oxygens (including phenoxy) is 1. The number of esters is 1. The minimum atomic E-state index is -0.958. The molecule has 0 fully saturated rings. The SMILES string of the molecule is Nc1c(Cl)cc(Cl)cc1C(=O)OCC(=O)Nc1c(F)cccc1F. The summed E-state index contributed by atoms with van der Waals surface area (Å²) >= 11 is 11.5. The van der Waals surface area contributed by atoms with Gasteiger partial charge in [-0.25, -0.2) is 13.6 Å². The molecule has 3 N–H and O–H groups in total. The molecule has 0 atom stereocenters. The maximum absolute atomic E-state index is 13.4. The first-order valence-corrected chi connectivity index (χ1v) is 7.20. The van der Waals surface area contributed by atoms with Gasteiger partial charge >= 0.3 is 5.97 Å². The predicted molar refractivity (Wildman–Crippen MR) is 86.1 cm³/mol. The highest BCUT2D eigenvalue weighted by Gasteiger charge is 2.18. The van der Waals surface area contributed by atoms with E-state index < -0.39 is 35.8 Å². The third kappa shape index (κ3) is 4.12. The summed E-state index contributed by atoms with van der Waals surface area (Å²) in [6.07, 6.45) is 0. The number of anilines is 2. The van der Waals surface area contributed by atoms with Crippen molar-refractivity contribution >= 4 is 46.5 Å². The molecule has 0 radical (unpaired) electrons. The van der Waals surface area contributed by atoms with Gasteiger partial charge in [0.05, 0.1) is 16.3 Å². The molecule has 5 nitrogen and oxygen atoms in total. The van der Waals surface area contributed by atoms with Gasteiger partial charge < -0.3 is 15.8 Å². The number of halogens is 4. The highest BCUT2D eigenvalue weighted by atomic mass is 35.5. The van der Waals surface area contributed by atoms with Gasteiger partial charge in [-0.2, -0.15) is 0 Å². The number of carbonyl (C=O) groups is 2. The summed E-state index contributed by atoms with van der Waals surface area (Å²) in [7, 11) is 0. The van der Waals surface area contributed by atoms with Gasteiger partial charge in [0.2, 0.25) is 0 Å². The number of para-hydroxylation sites is 1. The quantitative estimate of drug-likeness (QED) is 0.632. The molecule has 2 rings (SSSR count). The van der Waals surface area contributed by atoms with E-state index in [0.29, 0.717) is 0 Å². The molecule has 1 amide bonds. The third-order valence-corrected chi connectivity index (χ3v) is 3.41. The van der Waals surface area contributed by atoms with E-state index in [0.717, 1.165) is 18.2 Å². The van der Waals surface area contributed by atoms with Crippen LogP contribution in [0.4, 0.5) is 20.2 Å². The third-order valence-electron chi connectivity index (χ3n) is 2.88. The lowest BCUT2D eigenvalue weighted by Gasteiger charge is -2.10. The van der Waals surface area contributed by atoms with Crippen molar-refractivity contribution in [2.24, 2.45) is 0 Å². The zero-order valence-electron chi connectivity index (χ0n) is 11.9. The van der Waals surface area contributed by atoms with E-state index in [-0.39, 0.29) is 21.3 Å². The van der Waals surface area contributed by atoms with Crippen LogP contribution in [0.2, 0.25) is 10.0 Å². The van der Waals surface area contributed by atoms with Crippen LogP contribution in [0, 0.1) is 11.6 Å². The van der Waals surface area contributed by atoms with Gasteiger partial charge in [0.25, 0.3) is 5.91 Å². The van der Waals surface area contributed by atoms with E-state index in [2.05, 4.69) is 0 Å². The van der Waals surface area contributed by atoms with Gasteiger partial charge in [0.1, 0.15) is 17.3 Å². The van der Waals surface area contributed by atoms with Crippen molar-refractivity contribution in [1.82, 2.24) is 0 Å². The predicted octanol–water partition coefficient (Wildman–Crippen LogP) is 3.65. The van der Waals surface area contributed by atoms with Crippen LogP contribution >= 0.6 is 23.2 Å². The summed E-state index contributed by atoms with van der Waals surface area (Å²) in [6, 6.07) is 5.65. The molecule has 0 bridgehead atoms. The number of carbonyl (C=O) groups excluding carboxylic acids is 2. The number of rotatable bonds is 4. The number of nitrogens with two attached hydrogens (primary N) is 1. The fourth-order valence-electron chi connectivity index (χ4n) is 1.76. The van der Waals surface area contributed by atoms with Gasteiger partial charge in [-0.15, -0.1) is 0 Å². The molecule has 0 aliphatic heterocycles. The molecular formula is C15H10Cl2F2N2O3. The molecule has 2 aromatic rings. The van der Waals surface area contributed by atoms with E-state index in [1.54, 1.807) is 0 Å². The van der Waals surface area contributed by atoms with Crippen molar-refractivity contribution in [3.8, 4) is 0 Å². The second-order valence-electron chi connectivity index (χ2n) is 4.57. The molecule has 0 saturated heterocycles. The van der Waals surface area contributed by atoms with Crippen LogP contribution < -0.4 is 11.1 Å². The molecule has 24 heavy (non-hydrogen) atoms. The highest BCUT2D eigenvalue weighted by Crippen LogP contribution is 2.28. The van der Waals surface area contributed by atoms with Crippen LogP contribution in [0.3, 0.4) is 0 Å². The summed E-state index contributed by atoms with van der Waals surface area (Å²) < 4.78 is 31.6. The van der Waals surface area contributed by atoms with Gasteiger partial charge in [-0.1, -0.05) is 29.3 Å². The normalized spacial score (nSPS) is 10.3. The first-order valence-electron chi connectivity index (χ1n) is 6.45. The number of amides is 1. The van der Waals surface area contributed by atoms with Crippen LogP contribution in [0.15, 0.2) is 30.3 Å². The van der Waals surface area contributed by atoms with Gasteiger partial charge in [0, 0.05) is 5.02 Å². The Morgan fingerprint density at radius 3 is 2.42 bits per heavy atom. The minimum absolute atomic E-state index is 0.0485. The Labute approximate surface area is 145 Å². The maximum atomic E-state index is 13.4. The van der Waals surface area contributed by atoms with E-state index in [9.17, 15) is 18.4 Å². The summed E-state index contributed by atoms with van der Waals surface area (Å²) in [5.41, 5.74) is 4.80. The molecule has 9 heteroatoms. The molecule has 0 aliphatic carbocycles. The molecule has 0 spiro atoms. The van der Waals surface area contributed by atoms with E-state index in [4.69, 9.17) is 33.7 Å². The van der Waals surface area contributed by atoms with Gasteiger partial charge in [-0.05, 0) is 24.3 Å². The molecular weight excluding hydrogens is 365 g/mol. The van der Waals surface area contributed by atoms with Crippen LogP contribution in [-0.2, 0) is 9.53 Å². The Balaban J connectivity index is 2.03. The number of nitrogen functional groups attached to an aromatic ring is 1. The lowest BCUT2D eigenvalue weighted by Crippen LogP contribution is -2.22. The highest BCUT2D eigenvalue weighted by molar-refractivity contribution is 6.37. The Morgan fingerprint density at radius 1 is 1.17 bits per heavy atom. The first kappa shape index (κ1) is 18.0. The minimum Gasteiger partial charge on any atom is -0.452 e. The zero-order chi connectivity index (χ0) is 17.9. The number of hydrogen-bond acceptors (Lipinski definition) is 4. The van der Waals surface area contributed by atoms with Crippen molar-refractivity contribution in [1.29, 1.82) is 0 Å². The lowest BCUT2D eigenvalue weighted by molar-refractivity contribution is -0.119. The summed E-state index contributed by atoms with van der Waals surface area (Å²) in [5.74, 6) is -3.80. The van der Waals surface area contributed by atoms with Crippen molar-refractivity contribution in [3.05, 3.63) is 57.6 Å². The van der Waals surface area contributed by atoms with Crippen LogP contribution in [-0.4, -0.2) is 18.5 Å². The van der Waals surface area contributed by atoms with E-state index >= 15 is 0 Å². The van der Waals surface area contributed by atoms with Crippen LogP contribution in [0.5, 0.6) is 0 Å². The Bertz CT molecular complexity index is 795. The summed E-state index contributed by atoms with van der Waals surface area (Å²) in [5, 5.41) is 2.17. The largest absolute Gasteiger partial charge is 0.452 e. The maximum Gasteiger partial charge on any atom is 0.340 e. The fraction of sp³-hybridized carbons (Fsp3) is 0.0667. The summed E-state index contributed by atoms with van der Waals surface area (Å²) in [6.45, 7) is -0.782. The summed E-state index contributed by atoms with van der Waals surface area (Å²) in [4.78, 5) is 23.6. The number of hydrogen-bond donors (Lipinski definition) is 2. The molecule has 0 unspecified atom stereocenters. The average molecular weight is 375 g/mol. The smallest absolute Gasteiger partial charge is 0.340 e. The Morgan fingerprint density at radius 2 is 1.79 bits per heavy atom. The van der Waals surface area contributed by atoms with Crippen molar-refractivity contribution in [2.45, 2.75) is 0 Å². The second kappa shape index (κ2) is 7.46. The Hall–Kier alpha value is -2.38. The standard InChI is InChI=1S/C15H10Cl2F2N2O3/c16-7-4-8(13(20)9(17)5-7)15(23)24-6-12(22)21-14-10(18)2-1-3-11(14)19/h1-5H,6,20H2,(H,21,22). The molecule has 126 valence electrons. The van der Waals surface area contributed by atoms with Crippen LogP contribution in [0.25, 0.3) is 0 Å². The number of benzene rings is 2. The molecule has 0 saturated carbocycles. The van der Waals surface area contributed by atoms with Crippen molar-refractivity contribution < 1.29 is 23.1 Å². The van der Waals surface area contributed by atoms with Crippen molar-refractivity contribution in [2.75, 3.05) is 17.7 Å². The molecule has 0 aliphatic rings. The molecule has 0 aromatic heterocycles. The Kier molecular flexibility index (Phi) is 5.58. The monoisotopic (exact) mass is 374 g/mol. The van der Waals surface area contributed by atoms with Crippen molar-refractivity contribution in [3.63, 3.8) is 0 Å². The number of nitrogens with one attached hydrogen (secondary N) is 1. The van der Waals surface area contributed by atoms with E-state index in [1.807, 2.05) is 5.32 Å². The van der Waals surface area contributed by atoms with E-state index in [1.165, 1.54) is 12.1 Å². The molecule has 2 aromatic carbocycles. The lowest BCUT2D eigenvalue weighted by atomic mass is 10.2. The average Bonchev–Trinajstić information content (AvgIpc) is 2.52. The van der Waals surface area contributed by atoms with Gasteiger partial charge in [0.15, 0.2) is 6.61 Å². The van der Waals surface area contributed by atoms with Gasteiger partial charge in [-0.3, -0.25) is 4.79 Å². The second-order valence-corrected chi connectivity index (χ2v) is 5.41. The first-order chi connectivity index (χ1) is 11.3. The van der Waals surface area contributed by atoms with Crippen LogP contribution in [0.1, 0.15) is 10.4 Å². The fourth-order valence-corrected chi connectivity index (χ4v) is 2.25. The molecule has 0 heterocycles. The topological polar surface area (TPSA) is 81.4 Å². The zero-order valence-corrected chi connectivity index (χ0v) is 13.4.